The molecular formula is C22H28N8O3. The van der Waals surface area contributed by atoms with Gasteiger partial charge < -0.3 is 20.3 Å². The van der Waals surface area contributed by atoms with Crippen LogP contribution in [0.1, 0.15) is 50.1 Å². The SMILES string of the molecule is COC(=O)CCC(=O)NC1CCN(c2nc(Nc3cc(C4CC4)[nH]n3)c3cccn3n2)CC1. The van der Waals surface area contributed by atoms with Crippen molar-refractivity contribution < 1.29 is 14.3 Å². The molecule has 0 radical (unpaired) electrons. The second-order valence-electron chi connectivity index (χ2n) is 8.61. The fraction of sp³-hybridized carbons (Fsp3) is 0.500. The van der Waals surface area contributed by atoms with Gasteiger partial charge in [0.2, 0.25) is 11.9 Å². The van der Waals surface area contributed by atoms with Gasteiger partial charge in [0.25, 0.3) is 0 Å². The normalized spacial score (nSPS) is 16.7. The number of hydrogen-bond acceptors (Lipinski definition) is 8. The van der Waals surface area contributed by atoms with E-state index in [1.807, 2.05) is 28.9 Å². The smallest absolute Gasteiger partial charge is 0.306 e. The fourth-order valence-corrected chi connectivity index (χ4v) is 4.12. The lowest BCUT2D eigenvalue weighted by Crippen LogP contribution is -2.45. The summed E-state index contributed by atoms with van der Waals surface area (Å²) in [6.45, 7) is 1.45. The van der Waals surface area contributed by atoms with Gasteiger partial charge in [0, 0.05) is 49.4 Å². The first-order valence-corrected chi connectivity index (χ1v) is 11.4. The molecule has 174 valence electrons. The van der Waals surface area contributed by atoms with E-state index in [1.165, 1.54) is 20.0 Å². The van der Waals surface area contributed by atoms with E-state index in [0.29, 0.717) is 17.7 Å². The lowest BCUT2D eigenvalue weighted by Gasteiger charge is -2.32. The van der Waals surface area contributed by atoms with Crippen LogP contribution >= 0.6 is 0 Å². The zero-order valence-electron chi connectivity index (χ0n) is 18.6. The summed E-state index contributed by atoms with van der Waals surface area (Å²) in [5.74, 6) is 2.19. The van der Waals surface area contributed by atoms with Gasteiger partial charge in [-0.25, -0.2) is 4.52 Å². The molecule has 4 heterocycles. The van der Waals surface area contributed by atoms with Crippen molar-refractivity contribution in [2.45, 2.75) is 50.5 Å². The monoisotopic (exact) mass is 452 g/mol. The van der Waals surface area contributed by atoms with Gasteiger partial charge in [-0.3, -0.25) is 14.7 Å². The summed E-state index contributed by atoms with van der Waals surface area (Å²) in [4.78, 5) is 30.2. The predicted octanol–water partition coefficient (Wildman–Crippen LogP) is 2.11. The van der Waals surface area contributed by atoms with Crippen LogP contribution in [-0.4, -0.2) is 62.9 Å². The number of nitrogens with zero attached hydrogens (tertiary/aromatic N) is 5. The molecule has 1 saturated heterocycles. The highest BCUT2D eigenvalue weighted by Crippen LogP contribution is 2.39. The number of methoxy groups -OCH3 is 1. The molecule has 1 aliphatic carbocycles. The number of H-pyrrole nitrogens is 1. The molecule has 11 nitrogen and oxygen atoms in total. The Hall–Kier alpha value is -3.63. The van der Waals surface area contributed by atoms with Crippen LogP contribution in [0, 0.1) is 0 Å². The van der Waals surface area contributed by atoms with Gasteiger partial charge in [-0.05, 0) is 37.8 Å². The molecule has 5 rings (SSSR count). The average Bonchev–Trinajstić information content (AvgIpc) is 3.38. The molecule has 33 heavy (non-hydrogen) atoms. The molecule has 0 bridgehead atoms. The van der Waals surface area contributed by atoms with Crippen molar-refractivity contribution in [1.82, 2.24) is 30.1 Å². The van der Waals surface area contributed by atoms with Crippen molar-refractivity contribution >= 4 is 35.0 Å². The molecule has 1 saturated carbocycles. The van der Waals surface area contributed by atoms with Gasteiger partial charge >= 0.3 is 5.97 Å². The molecule has 0 atom stereocenters. The van der Waals surface area contributed by atoms with E-state index in [-0.39, 0.29) is 30.8 Å². The van der Waals surface area contributed by atoms with E-state index in [2.05, 4.69) is 35.6 Å². The Morgan fingerprint density at radius 1 is 1.21 bits per heavy atom. The van der Waals surface area contributed by atoms with Gasteiger partial charge in [0.15, 0.2) is 11.6 Å². The number of hydrogen-bond donors (Lipinski definition) is 3. The minimum atomic E-state index is -0.375. The molecule has 3 aromatic heterocycles. The Morgan fingerprint density at radius 3 is 2.79 bits per heavy atom. The maximum absolute atomic E-state index is 12.1. The van der Waals surface area contributed by atoms with Crippen molar-refractivity contribution in [3.05, 3.63) is 30.1 Å². The van der Waals surface area contributed by atoms with Gasteiger partial charge in [-0.2, -0.15) is 10.1 Å². The number of amides is 1. The summed E-state index contributed by atoms with van der Waals surface area (Å²) in [6.07, 6.45) is 6.13. The molecule has 1 aliphatic heterocycles. The summed E-state index contributed by atoms with van der Waals surface area (Å²) in [6, 6.07) is 6.03. The van der Waals surface area contributed by atoms with Crippen LogP contribution in [0.2, 0.25) is 0 Å². The highest BCUT2D eigenvalue weighted by atomic mass is 16.5. The third kappa shape index (κ3) is 4.91. The third-order valence-electron chi connectivity index (χ3n) is 6.17. The number of ether oxygens (including phenoxy) is 1. The van der Waals surface area contributed by atoms with Crippen LogP contribution in [0.25, 0.3) is 5.52 Å². The molecular weight excluding hydrogens is 424 g/mol. The number of carbonyl (C=O) groups is 2. The number of rotatable bonds is 8. The standard InChI is InChI=1S/C22H28N8O3/c1-33-20(32)7-6-19(31)23-15-8-11-29(12-9-15)22-25-21(17-3-2-10-30(17)28-22)24-18-13-16(26-27-18)14-4-5-14/h2-3,10,13-15H,4-9,11-12H2,1H3,(H,23,31)(H2,24,25,26,27,28). The van der Waals surface area contributed by atoms with E-state index in [0.717, 1.165) is 43.0 Å². The quantitative estimate of drug-likeness (QED) is 0.443. The van der Waals surface area contributed by atoms with Gasteiger partial charge in [0.1, 0.15) is 5.52 Å². The summed E-state index contributed by atoms with van der Waals surface area (Å²) >= 11 is 0. The number of aromatic amines is 1. The van der Waals surface area contributed by atoms with E-state index in [9.17, 15) is 9.59 Å². The third-order valence-corrected chi connectivity index (χ3v) is 6.17. The Kier molecular flexibility index (Phi) is 5.84. The van der Waals surface area contributed by atoms with Crippen molar-refractivity contribution in [3.8, 4) is 0 Å². The van der Waals surface area contributed by atoms with Crippen LogP contribution in [0.15, 0.2) is 24.4 Å². The first-order chi connectivity index (χ1) is 16.1. The first kappa shape index (κ1) is 21.2. The number of esters is 1. The second-order valence-corrected chi connectivity index (χ2v) is 8.61. The number of aromatic nitrogens is 5. The largest absolute Gasteiger partial charge is 0.469 e. The highest BCUT2D eigenvalue weighted by Gasteiger charge is 2.26. The molecule has 3 N–H and O–H groups in total. The minimum Gasteiger partial charge on any atom is -0.469 e. The topological polar surface area (TPSA) is 130 Å². The molecule has 2 fully saturated rings. The number of carbonyl (C=O) groups excluding carboxylic acids is 2. The predicted molar refractivity (Wildman–Crippen MR) is 121 cm³/mol. The van der Waals surface area contributed by atoms with Crippen molar-refractivity contribution in [3.63, 3.8) is 0 Å². The van der Waals surface area contributed by atoms with Crippen molar-refractivity contribution in [1.29, 1.82) is 0 Å². The van der Waals surface area contributed by atoms with Crippen molar-refractivity contribution in [2.75, 3.05) is 30.4 Å². The van der Waals surface area contributed by atoms with E-state index in [4.69, 9.17) is 4.98 Å². The van der Waals surface area contributed by atoms with Gasteiger partial charge in [0.05, 0.1) is 13.5 Å². The number of piperidine rings is 1. The molecule has 0 unspecified atom stereocenters. The Bertz CT molecular complexity index is 1140. The lowest BCUT2D eigenvalue weighted by atomic mass is 10.1. The van der Waals surface area contributed by atoms with Gasteiger partial charge in [-0.15, -0.1) is 5.10 Å². The molecule has 11 heteroatoms. The average molecular weight is 453 g/mol. The highest BCUT2D eigenvalue weighted by molar-refractivity contribution is 5.81. The van der Waals surface area contributed by atoms with E-state index in [1.54, 1.807) is 0 Å². The van der Waals surface area contributed by atoms with Gasteiger partial charge in [-0.1, -0.05) is 0 Å². The Balaban J connectivity index is 1.23. The number of fused-ring (bicyclic) bond motifs is 1. The summed E-state index contributed by atoms with van der Waals surface area (Å²) in [5, 5.41) is 18.5. The number of anilines is 3. The van der Waals surface area contributed by atoms with E-state index < -0.39 is 0 Å². The zero-order valence-corrected chi connectivity index (χ0v) is 18.6. The van der Waals surface area contributed by atoms with Crippen LogP contribution in [0.5, 0.6) is 0 Å². The summed E-state index contributed by atoms with van der Waals surface area (Å²) in [7, 11) is 1.32. The number of nitrogens with one attached hydrogen (secondary N) is 3. The minimum absolute atomic E-state index is 0.0733. The van der Waals surface area contributed by atoms with Crippen molar-refractivity contribution in [2.24, 2.45) is 0 Å². The van der Waals surface area contributed by atoms with E-state index >= 15 is 0 Å². The first-order valence-electron chi connectivity index (χ1n) is 11.4. The Morgan fingerprint density at radius 2 is 2.03 bits per heavy atom. The summed E-state index contributed by atoms with van der Waals surface area (Å²) < 4.78 is 6.41. The Labute approximate surface area is 190 Å². The molecule has 3 aromatic rings. The van der Waals surface area contributed by atoms with Crippen LogP contribution in [0.4, 0.5) is 17.6 Å². The second kappa shape index (κ2) is 9.08. The lowest BCUT2D eigenvalue weighted by molar-refractivity contribution is -0.142. The molecule has 0 aromatic carbocycles. The molecule has 2 aliphatic rings. The zero-order chi connectivity index (χ0) is 22.8. The van der Waals surface area contributed by atoms with Crippen LogP contribution in [0.3, 0.4) is 0 Å². The van der Waals surface area contributed by atoms with Crippen LogP contribution < -0.4 is 15.5 Å². The maximum Gasteiger partial charge on any atom is 0.306 e. The molecule has 0 spiro atoms. The fourth-order valence-electron chi connectivity index (χ4n) is 4.12. The molecule has 1 amide bonds. The maximum atomic E-state index is 12.1. The van der Waals surface area contributed by atoms with Crippen LogP contribution in [-0.2, 0) is 14.3 Å². The summed E-state index contributed by atoms with van der Waals surface area (Å²) in [5.41, 5.74) is 2.04.